The molecule has 1 spiro atoms. The molecule has 3 saturated heterocycles. The second kappa shape index (κ2) is 1.36. The second-order valence-electron chi connectivity index (χ2n) is 3.00. The van der Waals surface area contributed by atoms with Crippen molar-refractivity contribution in [3.8, 4) is 0 Å². The minimum atomic E-state index is 0.0524. The Morgan fingerprint density at radius 1 is 1.80 bits per heavy atom. The molecule has 3 aliphatic heterocycles. The highest BCUT2D eigenvalue weighted by molar-refractivity contribution is 8.01. The number of carbonyl (C=O) groups is 1. The monoisotopic (exact) mass is 157 g/mol. The molecule has 0 aromatic heterocycles. The van der Waals surface area contributed by atoms with Gasteiger partial charge in [0, 0.05) is 0 Å². The highest BCUT2D eigenvalue weighted by Gasteiger charge is 2.60. The van der Waals surface area contributed by atoms with Gasteiger partial charge >= 0.3 is 0 Å². The maximum absolute atomic E-state index is 10.9. The van der Waals surface area contributed by atoms with Gasteiger partial charge in [-0.15, -0.1) is 0 Å². The zero-order valence-electron chi connectivity index (χ0n) is 5.37. The van der Waals surface area contributed by atoms with Crippen LogP contribution in [0.1, 0.15) is 6.42 Å². The van der Waals surface area contributed by atoms with E-state index in [1.165, 1.54) is 0 Å². The van der Waals surface area contributed by atoms with E-state index >= 15 is 0 Å². The van der Waals surface area contributed by atoms with Gasteiger partial charge in [-0.05, 0) is 0 Å². The molecule has 0 aromatic carbocycles. The average molecular weight is 157 g/mol. The molecule has 3 rings (SSSR count). The van der Waals surface area contributed by atoms with Crippen LogP contribution in [0, 0.1) is 0 Å². The van der Waals surface area contributed by atoms with E-state index in [0.29, 0.717) is 11.3 Å². The van der Waals surface area contributed by atoms with Gasteiger partial charge < -0.3 is 9.64 Å². The molecule has 0 aromatic rings. The predicted octanol–water partition coefficient (Wildman–Crippen LogP) is 0.0181. The van der Waals surface area contributed by atoms with E-state index in [4.69, 9.17) is 4.74 Å². The normalized spacial score (nSPS) is 49.4. The molecule has 0 bridgehead atoms. The van der Waals surface area contributed by atoms with Crippen molar-refractivity contribution >= 4 is 17.7 Å². The first kappa shape index (κ1) is 5.43. The van der Waals surface area contributed by atoms with Gasteiger partial charge in [0.25, 0.3) is 0 Å². The summed E-state index contributed by atoms with van der Waals surface area (Å²) >= 11 is 1.82. The highest BCUT2D eigenvalue weighted by atomic mass is 32.2. The molecule has 0 aliphatic carbocycles. The summed E-state index contributed by atoms with van der Waals surface area (Å²) in [6, 6.07) is 0. The van der Waals surface area contributed by atoms with Crippen molar-refractivity contribution in [3.05, 3.63) is 0 Å². The number of hydrogen-bond acceptors (Lipinski definition) is 3. The van der Waals surface area contributed by atoms with Crippen molar-refractivity contribution in [3.63, 3.8) is 0 Å². The van der Waals surface area contributed by atoms with Gasteiger partial charge in [0.05, 0.1) is 24.9 Å². The summed E-state index contributed by atoms with van der Waals surface area (Å²) in [5, 5.41) is 0.454. The third kappa shape index (κ3) is 0.499. The summed E-state index contributed by atoms with van der Waals surface area (Å²) in [6.07, 6.45) is 0.732. The third-order valence-corrected chi connectivity index (χ3v) is 3.73. The lowest BCUT2D eigenvalue weighted by Gasteiger charge is -2.32. The van der Waals surface area contributed by atoms with Crippen LogP contribution in [0.2, 0.25) is 0 Å². The Hall–Kier alpha value is -0.220. The lowest BCUT2D eigenvalue weighted by molar-refractivity contribution is -0.140. The Labute approximate surface area is 62.7 Å². The average Bonchev–Trinajstić information content (AvgIpc) is 2.57. The van der Waals surface area contributed by atoms with Gasteiger partial charge in [-0.1, -0.05) is 11.8 Å². The van der Waals surface area contributed by atoms with Crippen molar-refractivity contribution in [1.82, 2.24) is 4.90 Å². The summed E-state index contributed by atoms with van der Waals surface area (Å²) in [7, 11) is 0. The van der Waals surface area contributed by atoms with Crippen molar-refractivity contribution in [2.45, 2.75) is 16.7 Å². The molecule has 4 heteroatoms. The summed E-state index contributed by atoms with van der Waals surface area (Å²) in [6.45, 7) is 1.68. The standard InChI is InChI=1S/C6H7NO2S/c8-4-1-5-7(4)2-6(10-5)3-9-6/h5H,1-3H2/t5-,6?/m0/s1. The Balaban J connectivity index is 1.86. The molecule has 54 valence electrons. The summed E-state index contributed by atoms with van der Waals surface area (Å²) in [5.74, 6) is 0.296. The number of rotatable bonds is 0. The fourth-order valence-corrected chi connectivity index (χ4v) is 2.95. The number of fused-ring (bicyclic) bond motifs is 1. The number of epoxide rings is 1. The maximum atomic E-state index is 10.9. The number of thioether (sulfide) groups is 1. The van der Waals surface area contributed by atoms with Crippen LogP contribution in [-0.2, 0) is 9.53 Å². The van der Waals surface area contributed by atoms with Gasteiger partial charge in [-0.25, -0.2) is 0 Å². The topological polar surface area (TPSA) is 32.8 Å². The fourth-order valence-electron chi connectivity index (χ4n) is 1.50. The van der Waals surface area contributed by atoms with E-state index in [9.17, 15) is 4.79 Å². The minimum Gasteiger partial charge on any atom is -0.356 e. The van der Waals surface area contributed by atoms with Gasteiger partial charge in [0.15, 0.2) is 4.93 Å². The lowest BCUT2D eigenvalue weighted by Crippen LogP contribution is -2.47. The van der Waals surface area contributed by atoms with Crippen molar-refractivity contribution in [1.29, 1.82) is 0 Å². The molecule has 2 atom stereocenters. The quantitative estimate of drug-likeness (QED) is 0.367. The van der Waals surface area contributed by atoms with Crippen molar-refractivity contribution in [2.24, 2.45) is 0 Å². The van der Waals surface area contributed by atoms with Gasteiger partial charge in [0.1, 0.15) is 0 Å². The van der Waals surface area contributed by atoms with Crippen LogP contribution in [0.5, 0.6) is 0 Å². The number of nitrogens with zero attached hydrogens (tertiary/aromatic N) is 1. The van der Waals surface area contributed by atoms with Crippen LogP contribution in [0.25, 0.3) is 0 Å². The van der Waals surface area contributed by atoms with Crippen LogP contribution in [0.3, 0.4) is 0 Å². The number of β-lactam (4-membered cyclic amide) rings is 1. The van der Waals surface area contributed by atoms with E-state index in [1.54, 1.807) is 0 Å². The van der Waals surface area contributed by atoms with E-state index in [-0.39, 0.29) is 4.93 Å². The van der Waals surface area contributed by atoms with Crippen LogP contribution < -0.4 is 0 Å². The molecule has 1 amide bonds. The van der Waals surface area contributed by atoms with E-state index < -0.39 is 0 Å². The Morgan fingerprint density at radius 3 is 3.10 bits per heavy atom. The first-order valence-corrected chi connectivity index (χ1v) is 4.28. The zero-order chi connectivity index (χ0) is 6.77. The maximum Gasteiger partial charge on any atom is 0.226 e. The van der Waals surface area contributed by atoms with Crippen molar-refractivity contribution in [2.75, 3.05) is 13.2 Å². The Bertz CT molecular complexity index is 214. The first-order valence-electron chi connectivity index (χ1n) is 3.40. The molecule has 3 fully saturated rings. The number of hydrogen-bond donors (Lipinski definition) is 0. The van der Waals surface area contributed by atoms with Gasteiger partial charge in [-0.2, -0.15) is 0 Å². The molecule has 3 nitrogen and oxygen atoms in total. The molecule has 10 heavy (non-hydrogen) atoms. The van der Waals surface area contributed by atoms with Crippen LogP contribution in [-0.4, -0.2) is 34.3 Å². The van der Waals surface area contributed by atoms with Gasteiger partial charge in [-0.3, -0.25) is 4.79 Å². The molecule has 1 unspecified atom stereocenters. The molecule has 0 saturated carbocycles. The van der Waals surface area contributed by atoms with Crippen LogP contribution >= 0.6 is 11.8 Å². The fraction of sp³-hybridized carbons (Fsp3) is 0.833. The molecular formula is C6H7NO2S. The van der Waals surface area contributed by atoms with Crippen LogP contribution in [0.15, 0.2) is 0 Å². The number of ether oxygens (including phenoxy) is 1. The van der Waals surface area contributed by atoms with Crippen LogP contribution in [0.4, 0.5) is 0 Å². The largest absolute Gasteiger partial charge is 0.356 e. The predicted molar refractivity (Wildman–Crippen MR) is 36.4 cm³/mol. The number of amides is 1. The van der Waals surface area contributed by atoms with Crippen molar-refractivity contribution < 1.29 is 9.53 Å². The summed E-state index contributed by atoms with van der Waals surface area (Å²) < 4.78 is 5.26. The second-order valence-corrected chi connectivity index (χ2v) is 4.52. The Kier molecular flexibility index (Phi) is 0.738. The smallest absolute Gasteiger partial charge is 0.226 e. The van der Waals surface area contributed by atoms with E-state index in [0.717, 1.165) is 19.6 Å². The zero-order valence-corrected chi connectivity index (χ0v) is 6.19. The lowest BCUT2D eigenvalue weighted by atomic mass is 10.2. The Morgan fingerprint density at radius 2 is 2.60 bits per heavy atom. The highest BCUT2D eigenvalue weighted by Crippen LogP contribution is 2.53. The van der Waals surface area contributed by atoms with Gasteiger partial charge in [0.2, 0.25) is 5.91 Å². The molecule has 3 heterocycles. The SMILES string of the molecule is O=C1C[C@@H]2SC3(CO3)CN12. The first-order chi connectivity index (χ1) is 4.79. The molecule has 0 radical (unpaired) electrons. The third-order valence-electron chi connectivity index (χ3n) is 2.25. The van der Waals surface area contributed by atoms with E-state index in [2.05, 4.69) is 0 Å². The summed E-state index contributed by atoms with van der Waals surface area (Å²) in [4.78, 5) is 12.9. The summed E-state index contributed by atoms with van der Waals surface area (Å²) in [5.41, 5.74) is 0. The minimum absolute atomic E-state index is 0.0524. The number of carbonyl (C=O) groups excluding carboxylic acids is 1. The molecule has 0 N–H and O–H groups in total. The van der Waals surface area contributed by atoms with E-state index in [1.807, 2.05) is 16.7 Å². The molecular weight excluding hydrogens is 150 g/mol. The molecule has 3 aliphatic rings.